The molecule has 0 amide bonds. The van der Waals surface area contributed by atoms with E-state index in [4.69, 9.17) is 18.7 Å². The van der Waals surface area contributed by atoms with E-state index in [0.29, 0.717) is 46.5 Å². The number of benzene rings is 3. The summed E-state index contributed by atoms with van der Waals surface area (Å²) >= 11 is 0. The lowest BCUT2D eigenvalue weighted by Gasteiger charge is -2.08. The maximum Gasteiger partial charge on any atom is 0.336 e. The Bertz CT molecular complexity index is 1560. The minimum atomic E-state index is -0.460. The molecule has 170 valence electrons. The highest BCUT2D eigenvalue weighted by atomic mass is 16.5. The molecule has 0 radical (unpaired) electrons. The molecule has 0 aliphatic rings. The minimum Gasteiger partial charge on any atom is -0.493 e. The molecule has 3 aromatic carbocycles. The molecule has 0 bridgehead atoms. The fraction of sp³-hybridized carbons (Fsp3) is 0.143. The lowest BCUT2D eigenvalue weighted by Crippen LogP contribution is -2.04. The van der Waals surface area contributed by atoms with Crippen LogP contribution in [0.15, 0.2) is 86.4 Å². The first kappa shape index (κ1) is 21.7. The Hall–Kier alpha value is -4.16. The van der Waals surface area contributed by atoms with Crippen molar-refractivity contribution < 1.29 is 23.5 Å². The zero-order valence-electron chi connectivity index (χ0n) is 18.5. The number of fused-ring (bicyclic) bond motifs is 3. The average Bonchev–Trinajstić information content (AvgIpc) is 3.24. The second-order valence-corrected chi connectivity index (χ2v) is 8.02. The maximum atomic E-state index is 13.7. The van der Waals surface area contributed by atoms with E-state index in [1.54, 1.807) is 30.3 Å². The second-order valence-electron chi connectivity index (χ2n) is 8.02. The molecule has 6 heteroatoms. The van der Waals surface area contributed by atoms with Crippen molar-refractivity contribution in [1.29, 1.82) is 0 Å². The summed E-state index contributed by atoms with van der Waals surface area (Å²) < 4.78 is 17.4. The molecule has 2 aromatic heterocycles. The highest BCUT2D eigenvalue weighted by molar-refractivity contribution is 6.20. The first-order valence-electron chi connectivity index (χ1n) is 11.0. The van der Waals surface area contributed by atoms with Crippen LogP contribution in [0.2, 0.25) is 0 Å². The van der Waals surface area contributed by atoms with E-state index in [0.717, 1.165) is 16.5 Å². The Morgan fingerprint density at radius 2 is 1.79 bits per heavy atom. The summed E-state index contributed by atoms with van der Waals surface area (Å²) in [5.41, 5.74) is 2.93. The molecule has 0 aliphatic heterocycles. The van der Waals surface area contributed by atoms with Crippen LogP contribution in [0.4, 0.5) is 0 Å². The quantitative estimate of drug-likeness (QED) is 0.198. The third-order valence-corrected chi connectivity index (χ3v) is 5.71. The number of aliphatic hydroxyl groups excluding tert-OH is 1. The fourth-order valence-corrected chi connectivity index (χ4v) is 4.11. The largest absolute Gasteiger partial charge is 0.493 e. The van der Waals surface area contributed by atoms with Gasteiger partial charge in [0.25, 0.3) is 0 Å². The van der Waals surface area contributed by atoms with Gasteiger partial charge in [-0.25, -0.2) is 4.79 Å². The zero-order chi connectivity index (χ0) is 23.7. The number of hydrogen-bond acceptors (Lipinski definition) is 6. The zero-order valence-corrected chi connectivity index (χ0v) is 18.5. The maximum absolute atomic E-state index is 13.7. The summed E-state index contributed by atoms with van der Waals surface area (Å²) in [5, 5.41) is 10.3. The number of carbonyl (C=O) groups excluding carboxylic acids is 1. The molecule has 2 heterocycles. The first-order chi connectivity index (χ1) is 16.6. The monoisotopic (exact) mass is 454 g/mol. The number of ether oxygens (including phenoxy) is 1. The molecular formula is C28H22O6. The Labute approximate surface area is 195 Å². The summed E-state index contributed by atoms with van der Waals surface area (Å²) in [7, 11) is 0. The summed E-state index contributed by atoms with van der Waals surface area (Å²) in [6.45, 7) is 2.22. The minimum absolute atomic E-state index is 0.0294. The number of aryl methyl sites for hydroxylation is 1. The van der Waals surface area contributed by atoms with Gasteiger partial charge in [0.15, 0.2) is 5.76 Å². The van der Waals surface area contributed by atoms with Gasteiger partial charge in [0, 0.05) is 35.6 Å². The third-order valence-electron chi connectivity index (χ3n) is 5.71. The van der Waals surface area contributed by atoms with Gasteiger partial charge in [0.1, 0.15) is 16.9 Å². The topological polar surface area (TPSA) is 89.9 Å². The van der Waals surface area contributed by atoms with Crippen molar-refractivity contribution in [2.75, 3.05) is 13.2 Å². The van der Waals surface area contributed by atoms with E-state index in [1.807, 2.05) is 43.3 Å². The van der Waals surface area contributed by atoms with Gasteiger partial charge in [0.2, 0.25) is 5.78 Å². The summed E-state index contributed by atoms with van der Waals surface area (Å²) in [4.78, 5) is 25.9. The second kappa shape index (κ2) is 9.00. The Morgan fingerprint density at radius 3 is 2.59 bits per heavy atom. The lowest BCUT2D eigenvalue weighted by atomic mass is 9.96. The van der Waals surface area contributed by atoms with Crippen LogP contribution in [0.1, 0.15) is 28.1 Å². The molecule has 0 saturated heterocycles. The number of rotatable bonds is 7. The fourth-order valence-electron chi connectivity index (χ4n) is 4.11. The number of carbonyl (C=O) groups is 1. The van der Waals surface area contributed by atoms with Gasteiger partial charge in [-0.3, -0.25) is 4.79 Å². The van der Waals surface area contributed by atoms with E-state index in [1.165, 1.54) is 6.07 Å². The summed E-state index contributed by atoms with van der Waals surface area (Å²) in [6, 6.07) is 21.4. The Morgan fingerprint density at radius 1 is 0.971 bits per heavy atom. The van der Waals surface area contributed by atoms with Gasteiger partial charge in [0.05, 0.1) is 12.0 Å². The van der Waals surface area contributed by atoms with Crippen LogP contribution in [0.3, 0.4) is 0 Å². The predicted octanol–water partition coefficient (Wildman–Crippen LogP) is 5.51. The van der Waals surface area contributed by atoms with Crippen LogP contribution in [-0.2, 0) is 0 Å². The van der Waals surface area contributed by atoms with E-state index in [9.17, 15) is 9.59 Å². The molecule has 34 heavy (non-hydrogen) atoms. The van der Waals surface area contributed by atoms with Gasteiger partial charge >= 0.3 is 5.63 Å². The van der Waals surface area contributed by atoms with Gasteiger partial charge in [-0.05, 0) is 42.3 Å². The number of hydrogen-bond donors (Lipinski definition) is 1. The van der Waals surface area contributed by atoms with Crippen molar-refractivity contribution >= 4 is 27.7 Å². The molecule has 0 saturated carbocycles. The van der Waals surface area contributed by atoms with Crippen molar-refractivity contribution in [3.05, 3.63) is 100 Å². The smallest absolute Gasteiger partial charge is 0.336 e. The molecule has 1 N–H and O–H groups in total. The SMILES string of the molecule is Cc1cc(=O)oc2c1ccc1oc(C(=O)c3cccc(OCCCO)c3)c(-c3ccccc3)c12. The Balaban J connectivity index is 1.73. The molecule has 0 atom stereocenters. The normalized spacial score (nSPS) is 11.2. The van der Waals surface area contributed by atoms with Crippen molar-refractivity contribution in [1.82, 2.24) is 0 Å². The van der Waals surface area contributed by atoms with Crippen molar-refractivity contribution in [2.24, 2.45) is 0 Å². The molecule has 5 rings (SSSR count). The highest BCUT2D eigenvalue weighted by Gasteiger charge is 2.26. The molecule has 0 aliphatic carbocycles. The van der Waals surface area contributed by atoms with E-state index in [-0.39, 0.29) is 18.2 Å². The molecule has 0 unspecified atom stereocenters. The van der Waals surface area contributed by atoms with Crippen LogP contribution < -0.4 is 10.4 Å². The predicted molar refractivity (Wildman–Crippen MR) is 130 cm³/mol. The molecular weight excluding hydrogens is 432 g/mol. The average molecular weight is 454 g/mol. The van der Waals surface area contributed by atoms with Crippen LogP contribution in [0, 0.1) is 6.92 Å². The van der Waals surface area contributed by atoms with Crippen molar-refractivity contribution in [3.8, 4) is 16.9 Å². The lowest BCUT2D eigenvalue weighted by molar-refractivity contribution is 0.101. The number of aliphatic hydroxyl groups is 1. The highest BCUT2D eigenvalue weighted by Crippen LogP contribution is 2.40. The van der Waals surface area contributed by atoms with Crippen LogP contribution in [0.5, 0.6) is 5.75 Å². The van der Waals surface area contributed by atoms with Crippen LogP contribution >= 0.6 is 0 Å². The van der Waals surface area contributed by atoms with Gasteiger partial charge in [-0.1, -0.05) is 42.5 Å². The molecule has 0 fully saturated rings. The first-order valence-corrected chi connectivity index (χ1v) is 11.0. The van der Waals surface area contributed by atoms with Crippen molar-refractivity contribution in [2.45, 2.75) is 13.3 Å². The summed E-state index contributed by atoms with van der Waals surface area (Å²) in [6.07, 6.45) is 0.498. The molecule has 5 aromatic rings. The Kier molecular flexibility index (Phi) is 5.74. The third kappa shape index (κ3) is 3.89. The van der Waals surface area contributed by atoms with Crippen molar-refractivity contribution in [3.63, 3.8) is 0 Å². The van der Waals surface area contributed by atoms with Gasteiger partial charge in [-0.2, -0.15) is 0 Å². The number of ketones is 1. The van der Waals surface area contributed by atoms with E-state index >= 15 is 0 Å². The summed E-state index contributed by atoms with van der Waals surface area (Å²) in [5.74, 6) is 0.375. The standard InChI is InChI=1S/C28H22O6/c1-17-15-23(30)34-27-21(17)11-12-22-25(27)24(18-7-3-2-4-8-18)28(33-22)26(31)19-9-5-10-20(16-19)32-14-6-13-29/h2-5,7-12,15-16,29H,6,13-14H2,1H3. The van der Waals surface area contributed by atoms with Gasteiger partial charge in [-0.15, -0.1) is 0 Å². The molecule has 0 spiro atoms. The number of furan rings is 1. The van der Waals surface area contributed by atoms with E-state index in [2.05, 4.69) is 0 Å². The van der Waals surface area contributed by atoms with Crippen LogP contribution in [-0.4, -0.2) is 24.1 Å². The van der Waals surface area contributed by atoms with E-state index < -0.39 is 5.63 Å². The van der Waals surface area contributed by atoms with Gasteiger partial charge < -0.3 is 18.7 Å². The molecule has 6 nitrogen and oxygen atoms in total. The van der Waals surface area contributed by atoms with Crippen LogP contribution in [0.25, 0.3) is 33.1 Å².